The summed E-state index contributed by atoms with van der Waals surface area (Å²) < 4.78 is 0. The molecule has 1 aromatic rings. The number of carbonyl (C=O) groups excluding carboxylic acids is 3. The van der Waals surface area contributed by atoms with Gasteiger partial charge in [0.05, 0.1) is 12.6 Å². The fourth-order valence-corrected chi connectivity index (χ4v) is 3.37. The fraction of sp³-hybridized carbons (Fsp3) is 0.550. The van der Waals surface area contributed by atoms with Crippen LogP contribution in [0.2, 0.25) is 0 Å². The normalized spacial score (nSPS) is 21.7. The number of rotatable bonds is 5. The van der Waals surface area contributed by atoms with Crippen molar-refractivity contribution in [1.82, 2.24) is 20.4 Å². The number of nitrogens with zero attached hydrogens (tertiary/aromatic N) is 2. The lowest BCUT2D eigenvalue weighted by atomic mass is 9.93. The van der Waals surface area contributed by atoms with Crippen LogP contribution in [0.4, 0.5) is 4.79 Å². The van der Waals surface area contributed by atoms with Crippen LogP contribution in [0.1, 0.15) is 29.9 Å². The van der Waals surface area contributed by atoms with Crippen molar-refractivity contribution < 1.29 is 14.4 Å². The summed E-state index contributed by atoms with van der Waals surface area (Å²) in [6.45, 7) is 3.00. The Morgan fingerprint density at radius 3 is 2.37 bits per heavy atom. The Hall–Kier alpha value is -2.57. The summed E-state index contributed by atoms with van der Waals surface area (Å²) in [6, 6.07) is 7.84. The zero-order valence-electron chi connectivity index (χ0n) is 16.2. The van der Waals surface area contributed by atoms with Crippen molar-refractivity contribution in [2.45, 2.75) is 31.7 Å². The molecule has 0 unspecified atom stereocenters. The lowest BCUT2D eigenvalue weighted by molar-refractivity contribution is -0.129. The monoisotopic (exact) mass is 372 g/mol. The first-order chi connectivity index (χ1) is 12.8. The molecule has 1 aliphatic carbocycles. The predicted molar refractivity (Wildman–Crippen MR) is 102 cm³/mol. The minimum atomic E-state index is -0.295. The highest BCUT2D eigenvalue weighted by Gasteiger charge is 2.39. The van der Waals surface area contributed by atoms with Gasteiger partial charge in [-0.05, 0) is 25.3 Å². The summed E-state index contributed by atoms with van der Waals surface area (Å²) in [7, 11) is 3.26. The van der Waals surface area contributed by atoms with Crippen LogP contribution in [0, 0.1) is 12.8 Å². The van der Waals surface area contributed by atoms with Crippen molar-refractivity contribution in [3.63, 3.8) is 0 Å². The number of nitrogens with one attached hydrogen (secondary N) is 2. The number of likely N-dealkylation sites (tertiary alicyclic amines) is 1. The van der Waals surface area contributed by atoms with Crippen molar-refractivity contribution in [2.24, 2.45) is 5.92 Å². The third-order valence-corrected chi connectivity index (χ3v) is 5.25. The highest BCUT2D eigenvalue weighted by molar-refractivity contribution is 5.85. The molecule has 1 saturated carbocycles. The Bertz CT molecular complexity index is 712. The largest absolute Gasteiger partial charge is 0.351 e. The molecule has 146 valence electrons. The lowest BCUT2D eigenvalue weighted by Gasteiger charge is -2.20. The van der Waals surface area contributed by atoms with E-state index in [-0.39, 0.29) is 42.3 Å². The average molecular weight is 372 g/mol. The van der Waals surface area contributed by atoms with Gasteiger partial charge in [0.25, 0.3) is 0 Å². The minimum absolute atomic E-state index is 0.0408. The maximum absolute atomic E-state index is 12.6. The van der Waals surface area contributed by atoms with Gasteiger partial charge in [0, 0.05) is 39.0 Å². The standard InChI is InChI=1S/C20H28N4O3/c1-13-4-6-14(7-5-13)16-11-24(18(25)10-21-20(27)23(2)3)12-17(16)22-19(26)15-8-9-15/h4-7,15-17H,8-12H2,1-3H3,(H,21,27)(H,22,26)/t16-,17+/m0/s1. The van der Waals surface area contributed by atoms with Crippen LogP contribution in [-0.2, 0) is 9.59 Å². The van der Waals surface area contributed by atoms with E-state index in [0.29, 0.717) is 13.1 Å². The summed E-state index contributed by atoms with van der Waals surface area (Å²) in [5.41, 5.74) is 2.30. The number of hydrogen-bond donors (Lipinski definition) is 2. The quantitative estimate of drug-likeness (QED) is 0.812. The van der Waals surface area contributed by atoms with Crippen molar-refractivity contribution in [2.75, 3.05) is 33.7 Å². The maximum atomic E-state index is 12.6. The molecule has 0 radical (unpaired) electrons. The zero-order valence-corrected chi connectivity index (χ0v) is 16.2. The van der Waals surface area contributed by atoms with E-state index in [4.69, 9.17) is 0 Å². The topological polar surface area (TPSA) is 81.8 Å². The summed E-state index contributed by atoms with van der Waals surface area (Å²) in [4.78, 5) is 39.6. The first-order valence-electron chi connectivity index (χ1n) is 9.45. The highest BCUT2D eigenvalue weighted by atomic mass is 16.2. The second kappa shape index (κ2) is 7.98. The molecule has 1 aliphatic heterocycles. The number of hydrogen-bond acceptors (Lipinski definition) is 3. The Balaban J connectivity index is 1.68. The molecule has 7 heteroatoms. The van der Waals surface area contributed by atoms with Crippen LogP contribution in [-0.4, -0.2) is 67.4 Å². The molecule has 0 bridgehead atoms. The molecule has 2 N–H and O–H groups in total. The fourth-order valence-electron chi connectivity index (χ4n) is 3.37. The van der Waals surface area contributed by atoms with Gasteiger partial charge in [-0.2, -0.15) is 0 Å². The summed E-state index contributed by atoms with van der Waals surface area (Å²) in [5.74, 6) is 0.146. The van der Waals surface area contributed by atoms with Gasteiger partial charge in [-0.3, -0.25) is 9.59 Å². The summed E-state index contributed by atoms with van der Waals surface area (Å²) in [5, 5.41) is 5.76. The first-order valence-corrected chi connectivity index (χ1v) is 9.45. The van der Waals surface area contributed by atoms with E-state index >= 15 is 0 Å². The van der Waals surface area contributed by atoms with Gasteiger partial charge in [0.1, 0.15) is 0 Å². The number of carbonyl (C=O) groups is 3. The molecule has 1 saturated heterocycles. The molecular weight excluding hydrogens is 344 g/mol. The summed E-state index contributed by atoms with van der Waals surface area (Å²) >= 11 is 0. The Kier molecular flexibility index (Phi) is 5.68. The lowest BCUT2D eigenvalue weighted by Crippen LogP contribution is -2.44. The molecule has 27 heavy (non-hydrogen) atoms. The Morgan fingerprint density at radius 2 is 1.78 bits per heavy atom. The molecule has 1 aromatic carbocycles. The SMILES string of the molecule is Cc1ccc([C@@H]2CN(C(=O)CNC(=O)N(C)C)C[C@H]2NC(=O)C2CC2)cc1. The molecule has 7 nitrogen and oxygen atoms in total. The molecule has 2 atom stereocenters. The predicted octanol–water partition coefficient (Wildman–Crippen LogP) is 1.09. The molecule has 2 aliphatic rings. The molecule has 1 heterocycles. The third kappa shape index (κ3) is 4.78. The van der Waals surface area contributed by atoms with Gasteiger partial charge in [0.15, 0.2) is 0 Å². The molecule has 2 fully saturated rings. The minimum Gasteiger partial charge on any atom is -0.351 e. The van der Waals surface area contributed by atoms with E-state index < -0.39 is 0 Å². The molecule has 0 aromatic heterocycles. The van der Waals surface area contributed by atoms with Crippen LogP contribution in [0.25, 0.3) is 0 Å². The van der Waals surface area contributed by atoms with E-state index in [0.717, 1.165) is 18.4 Å². The second-order valence-electron chi connectivity index (χ2n) is 7.76. The molecule has 4 amide bonds. The number of aryl methyl sites for hydroxylation is 1. The Labute approximate surface area is 160 Å². The van der Waals surface area contributed by atoms with E-state index in [2.05, 4.69) is 34.9 Å². The second-order valence-corrected chi connectivity index (χ2v) is 7.76. The van der Waals surface area contributed by atoms with Crippen molar-refractivity contribution in [3.8, 4) is 0 Å². The van der Waals surface area contributed by atoms with Gasteiger partial charge in [0.2, 0.25) is 11.8 Å². The Morgan fingerprint density at radius 1 is 1.11 bits per heavy atom. The van der Waals surface area contributed by atoms with E-state index in [1.807, 2.05) is 6.92 Å². The van der Waals surface area contributed by atoms with Crippen LogP contribution < -0.4 is 10.6 Å². The summed E-state index contributed by atoms with van der Waals surface area (Å²) in [6.07, 6.45) is 1.90. The maximum Gasteiger partial charge on any atom is 0.317 e. The van der Waals surface area contributed by atoms with Crippen LogP contribution in [0.3, 0.4) is 0 Å². The van der Waals surface area contributed by atoms with E-state index in [9.17, 15) is 14.4 Å². The zero-order chi connectivity index (χ0) is 19.6. The molecule has 3 rings (SSSR count). The molecule has 0 spiro atoms. The average Bonchev–Trinajstić information content (AvgIpc) is 3.41. The third-order valence-electron chi connectivity index (χ3n) is 5.25. The van der Waals surface area contributed by atoms with Gasteiger partial charge in [-0.15, -0.1) is 0 Å². The smallest absolute Gasteiger partial charge is 0.317 e. The van der Waals surface area contributed by atoms with Crippen LogP contribution in [0.15, 0.2) is 24.3 Å². The number of urea groups is 1. The van der Waals surface area contributed by atoms with Crippen molar-refractivity contribution >= 4 is 17.8 Å². The van der Waals surface area contributed by atoms with Crippen molar-refractivity contribution in [3.05, 3.63) is 35.4 Å². The van der Waals surface area contributed by atoms with E-state index in [1.54, 1.807) is 19.0 Å². The number of benzene rings is 1. The van der Waals surface area contributed by atoms with Crippen molar-refractivity contribution in [1.29, 1.82) is 0 Å². The van der Waals surface area contributed by atoms with Gasteiger partial charge < -0.3 is 20.4 Å². The van der Waals surface area contributed by atoms with Gasteiger partial charge in [-0.1, -0.05) is 29.8 Å². The highest BCUT2D eigenvalue weighted by Crippen LogP contribution is 2.32. The van der Waals surface area contributed by atoms with Gasteiger partial charge >= 0.3 is 6.03 Å². The number of amides is 4. The van der Waals surface area contributed by atoms with Crippen LogP contribution >= 0.6 is 0 Å². The molecular formula is C20H28N4O3. The first kappa shape index (κ1) is 19.2. The van der Waals surface area contributed by atoms with Crippen LogP contribution in [0.5, 0.6) is 0 Å². The van der Waals surface area contributed by atoms with E-state index in [1.165, 1.54) is 10.5 Å². The van der Waals surface area contributed by atoms with Gasteiger partial charge in [-0.25, -0.2) is 4.79 Å².